The summed E-state index contributed by atoms with van der Waals surface area (Å²) in [6.07, 6.45) is 1.71. The Bertz CT molecular complexity index is 785. The van der Waals surface area contributed by atoms with Gasteiger partial charge in [0.15, 0.2) is 5.69 Å². The van der Waals surface area contributed by atoms with Gasteiger partial charge in [-0.25, -0.2) is 4.68 Å². The van der Waals surface area contributed by atoms with Gasteiger partial charge in [0.2, 0.25) is 5.43 Å². The van der Waals surface area contributed by atoms with Gasteiger partial charge in [-0.3, -0.25) is 9.59 Å². The SMILES string of the molecule is Cc1cc(=O)c(C(=O)NC2CCNC(C)C2)nn1-c1ccccc1. The molecule has 2 unspecified atom stereocenters. The molecule has 3 rings (SSSR count). The molecule has 2 aromatic rings. The van der Waals surface area contributed by atoms with Crippen molar-refractivity contribution in [1.29, 1.82) is 0 Å². The van der Waals surface area contributed by atoms with Crippen molar-refractivity contribution in [2.24, 2.45) is 0 Å². The Morgan fingerprint density at radius 2 is 2.08 bits per heavy atom. The van der Waals surface area contributed by atoms with Crippen molar-refractivity contribution >= 4 is 5.91 Å². The summed E-state index contributed by atoms with van der Waals surface area (Å²) in [4.78, 5) is 24.7. The van der Waals surface area contributed by atoms with Crippen LogP contribution in [0.1, 0.15) is 35.9 Å². The second-order valence-corrected chi connectivity index (χ2v) is 6.30. The molecular formula is C18H22N4O2. The van der Waals surface area contributed by atoms with E-state index in [9.17, 15) is 9.59 Å². The van der Waals surface area contributed by atoms with Crippen LogP contribution in [0.15, 0.2) is 41.2 Å². The molecule has 1 aromatic heterocycles. The quantitative estimate of drug-likeness (QED) is 0.894. The summed E-state index contributed by atoms with van der Waals surface area (Å²) in [6.45, 7) is 4.75. The van der Waals surface area contributed by atoms with E-state index in [2.05, 4.69) is 22.7 Å². The van der Waals surface area contributed by atoms with Gasteiger partial charge in [-0.2, -0.15) is 5.10 Å². The van der Waals surface area contributed by atoms with Gasteiger partial charge in [-0.15, -0.1) is 0 Å². The molecule has 1 saturated heterocycles. The number of amides is 1. The first-order valence-corrected chi connectivity index (χ1v) is 8.25. The smallest absolute Gasteiger partial charge is 0.276 e. The zero-order valence-corrected chi connectivity index (χ0v) is 14.0. The van der Waals surface area contributed by atoms with Crippen LogP contribution in [0.25, 0.3) is 5.69 Å². The lowest BCUT2D eigenvalue weighted by molar-refractivity contribution is 0.0917. The number of carbonyl (C=O) groups excluding carboxylic acids is 1. The van der Waals surface area contributed by atoms with Gasteiger partial charge < -0.3 is 10.6 Å². The van der Waals surface area contributed by atoms with Crippen LogP contribution >= 0.6 is 0 Å². The predicted molar refractivity (Wildman–Crippen MR) is 92.5 cm³/mol. The summed E-state index contributed by atoms with van der Waals surface area (Å²) in [5.74, 6) is -0.399. The lowest BCUT2D eigenvalue weighted by atomic mass is 10.0. The molecule has 0 aliphatic carbocycles. The summed E-state index contributed by atoms with van der Waals surface area (Å²) in [7, 11) is 0. The van der Waals surface area contributed by atoms with Crippen LogP contribution in [-0.2, 0) is 0 Å². The third kappa shape index (κ3) is 3.54. The molecule has 0 radical (unpaired) electrons. The minimum Gasteiger partial charge on any atom is -0.348 e. The maximum atomic E-state index is 12.5. The summed E-state index contributed by atoms with van der Waals surface area (Å²) < 4.78 is 1.63. The van der Waals surface area contributed by atoms with Crippen molar-refractivity contribution in [1.82, 2.24) is 20.4 Å². The Labute approximate surface area is 140 Å². The second-order valence-electron chi connectivity index (χ2n) is 6.30. The molecule has 1 aromatic carbocycles. The van der Waals surface area contributed by atoms with E-state index in [1.165, 1.54) is 6.07 Å². The average molecular weight is 326 g/mol. The first-order valence-electron chi connectivity index (χ1n) is 8.25. The maximum absolute atomic E-state index is 12.5. The highest BCUT2D eigenvalue weighted by atomic mass is 16.2. The van der Waals surface area contributed by atoms with Gasteiger partial charge in [0, 0.05) is 23.8 Å². The minimum absolute atomic E-state index is 0.0596. The van der Waals surface area contributed by atoms with E-state index < -0.39 is 5.91 Å². The van der Waals surface area contributed by atoms with Crippen LogP contribution in [0.2, 0.25) is 0 Å². The lowest BCUT2D eigenvalue weighted by Gasteiger charge is -2.28. The highest BCUT2D eigenvalue weighted by Gasteiger charge is 2.23. The average Bonchev–Trinajstić information content (AvgIpc) is 2.55. The van der Waals surface area contributed by atoms with Crippen LogP contribution in [0.5, 0.6) is 0 Å². The Morgan fingerprint density at radius 1 is 1.33 bits per heavy atom. The fourth-order valence-corrected chi connectivity index (χ4v) is 3.05. The normalized spacial score (nSPS) is 20.6. The minimum atomic E-state index is -0.399. The highest BCUT2D eigenvalue weighted by molar-refractivity contribution is 5.92. The number of para-hydroxylation sites is 1. The molecule has 0 spiro atoms. The molecule has 6 nitrogen and oxygen atoms in total. The van der Waals surface area contributed by atoms with E-state index in [-0.39, 0.29) is 17.2 Å². The van der Waals surface area contributed by atoms with Crippen LogP contribution in [0.3, 0.4) is 0 Å². The van der Waals surface area contributed by atoms with E-state index in [0.29, 0.717) is 11.7 Å². The fraction of sp³-hybridized carbons (Fsp3) is 0.389. The fourth-order valence-electron chi connectivity index (χ4n) is 3.05. The summed E-state index contributed by atoms with van der Waals surface area (Å²) in [5.41, 5.74) is 1.10. The van der Waals surface area contributed by atoms with Crippen molar-refractivity contribution in [2.45, 2.75) is 38.8 Å². The first kappa shape index (κ1) is 16.4. The number of hydrogen-bond acceptors (Lipinski definition) is 4. The van der Waals surface area contributed by atoms with Crippen LogP contribution in [0.4, 0.5) is 0 Å². The van der Waals surface area contributed by atoms with Crippen LogP contribution < -0.4 is 16.1 Å². The number of benzene rings is 1. The maximum Gasteiger partial charge on any atom is 0.276 e. The highest BCUT2D eigenvalue weighted by Crippen LogP contribution is 2.10. The van der Waals surface area contributed by atoms with Crippen molar-refractivity contribution in [3.63, 3.8) is 0 Å². The monoisotopic (exact) mass is 326 g/mol. The van der Waals surface area contributed by atoms with E-state index >= 15 is 0 Å². The van der Waals surface area contributed by atoms with Crippen molar-refractivity contribution in [3.8, 4) is 5.69 Å². The number of aromatic nitrogens is 2. The van der Waals surface area contributed by atoms with Crippen molar-refractivity contribution < 1.29 is 4.79 Å². The predicted octanol–water partition coefficient (Wildman–Crippen LogP) is 1.41. The molecule has 0 saturated carbocycles. The van der Waals surface area contributed by atoms with Gasteiger partial charge in [0.1, 0.15) is 0 Å². The largest absolute Gasteiger partial charge is 0.348 e. The van der Waals surface area contributed by atoms with E-state index in [1.807, 2.05) is 30.3 Å². The lowest BCUT2D eigenvalue weighted by Crippen LogP contribution is -2.47. The van der Waals surface area contributed by atoms with Gasteiger partial charge in [0.05, 0.1) is 5.69 Å². The third-order valence-electron chi connectivity index (χ3n) is 4.28. The van der Waals surface area contributed by atoms with Gasteiger partial charge in [0.25, 0.3) is 5.91 Å². The topological polar surface area (TPSA) is 76.0 Å². The number of rotatable bonds is 3. The Kier molecular flexibility index (Phi) is 4.76. The molecule has 1 amide bonds. The Hall–Kier alpha value is -2.47. The first-order chi connectivity index (χ1) is 11.5. The Morgan fingerprint density at radius 3 is 2.79 bits per heavy atom. The van der Waals surface area contributed by atoms with Crippen molar-refractivity contribution in [3.05, 3.63) is 58.0 Å². The summed E-state index contributed by atoms with van der Waals surface area (Å²) in [5, 5.41) is 10.6. The number of nitrogens with zero attached hydrogens (tertiary/aromatic N) is 2. The standard InChI is InChI=1S/C18H22N4O2/c1-12-10-14(8-9-19-12)20-18(24)17-16(23)11-13(2)22(21-17)15-6-4-3-5-7-15/h3-7,11-12,14,19H,8-10H2,1-2H3,(H,20,24). The third-order valence-corrected chi connectivity index (χ3v) is 4.28. The molecule has 2 atom stereocenters. The van der Waals surface area contributed by atoms with E-state index in [0.717, 1.165) is 25.1 Å². The van der Waals surface area contributed by atoms with Gasteiger partial charge in [-0.05, 0) is 45.4 Å². The molecule has 1 fully saturated rings. The molecule has 24 heavy (non-hydrogen) atoms. The number of carbonyl (C=O) groups is 1. The number of piperidine rings is 1. The molecule has 6 heteroatoms. The van der Waals surface area contributed by atoms with Gasteiger partial charge >= 0.3 is 0 Å². The van der Waals surface area contributed by atoms with Crippen LogP contribution in [-0.4, -0.2) is 34.3 Å². The van der Waals surface area contributed by atoms with E-state index in [4.69, 9.17) is 0 Å². The summed E-state index contributed by atoms with van der Waals surface area (Å²) in [6, 6.07) is 11.4. The van der Waals surface area contributed by atoms with Gasteiger partial charge in [-0.1, -0.05) is 18.2 Å². The number of hydrogen-bond donors (Lipinski definition) is 2. The second kappa shape index (κ2) is 6.97. The van der Waals surface area contributed by atoms with Crippen LogP contribution in [0, 0.1) is 6.92 Å². The Balaban J connectivity index is 1.87. The molecule has 0 bridgehead atoms. The number of nitrogens with one attached hydrogen (secondary N) is 2. The van der Waals surface area contributed by atoms with E-state index in [1.54, 1.807) is 11.6 Å². The van der Waals surface area contributed by atoms with Crippen molar-refractivity contribution in [2.75, 3.05) is 6.54 Å². The molecule has 126 valence electrons. The zero-order valence-electron chi connectivity index (χ0n) is 14.0. The molecule has 1 aliphatic heterocycles. The zero-order chi connectivity index (χ0) is 17.1. The molecule has 2 N–H and O–H groups in total. The summed E-state index contributed by atoms with van der Waals surface area (Å²) >= 11 is 0. The molecule has 1 aliphatic rings. The number of aryl methyl sites for hydroxylation is 1. The molecular weight excluding hydrogens is 304 g/mol. The molecule has 2 heterocycles.